The average Bonchev–Trinajstić information content (AvgIpc) is 2.35. The molecule has 0 amide bonds. The lowest BCUT2D eigenvalue weighted by Crippen LogP contribution is -2.57. The first-order valence-corrected chi connectivity index (χ1v) is 6.61. The Morgan fingerprint density at radius 1 is 1.05 bits per heavy atom. The zero-order chi connectivity index (χ0) is 14.7. The van der Waals surface area contributed by atoms with Gasteiger partial charge in [-0.15, -0.1) is 0 Å². The molecule has 4 N–H and O–H groups in total. The van der Waals surface area contributed by atoms with Gasteiger partial charge in [-0.1, -0.05) is 6.07 Å². The van der Waals surface area contributed by atoms with E-state index in [1.54, 1.807) is 4.72 Å². The number of nitrogens with one attached hydrogen (secondary N) is 1. The van der Waals surface area contributed by atoms with Crippen molar-refractivity contribution in [1.29, 1.82) is 0 Å². The van der Waals surface area contributed by atoms with Crippen LogP contribution in [0.5, 0.6) is 0 Å². The molecule has 0 spiro atoms. The van der Waals surface area contributed by atoms with Gasteiger partial charge in [0.15, 0.2) is 4.90 Å². The number of hydrogen-bond donors (Lipinski definition) is 4. The van der Waals surface area contributed by atoms with Gasteiger partial charge in [0.25, 0.3) is 0 Å². The van der Waals surface area contributed by atoms with Gasteiger partial charge in [0.1, 0.15) is 17.2 Å². The first kappa shape index (κ1) is 15.9. The lowest BCUT2D eigenvalue weighted by atomic mass is 10.1. The topological polar surface area (TPSA) is 107 Å². The minimum Gasteiger partial charge on any atom is -0.394 e. The van der Waals surface area contributed by atoms with E-state index in [1.165, 1.54) is 0 Å². The summed E-state index contributed by atoms with van der Waals surface area (Å²) < 4.78 is 52.2. The van der Waals surface area contributed by atoms with Crippen molar-refractivity contribution < 1.29 is 32.5 Å². The summed E-state index contributed by atoms with van der Waals surface area (Å²) in [6, 6.07) is 2.48. The van der Waals surface area contributed by atoms with E-state index in [2.05, 4.69) is 0 Å². The largest absolute Gasteiger partial charge is 0.394 e. The fraction of sp³-hybridized carbons (Fsp3) is 0.400. The standard InChI is InChI=1S/C10H13F2NO5S/c11-7-2-1-3-8(12)9(7)19(17,18)13-10(4-14,5-15)6-16/h1-3,13-16H,4-6H2. The van der Waals surface area contributed by atoms with E-state index in [9.17, 15) is 17.2 Å². The molecule has 9 heteroatoms. The molecule has 0 atom stereocenters. The molecule has 19 heavy (non-hydrogen) atoms. The smallest absolute Gasteiger partial charge is 0.247 e. The number of aliphatic hydroxyl groups is 3. The summed E-state index contributed by atoms with van der Waals surface area (Å²) in [5.41, 5.74) is -2.01. The molecule has 0 unspecified atom stereocenters. The van der Waals surface area contributed by atoms with Gasteiger partial charge in [-0.25, -0.2) is 17.2 Å². The van der Waals surface area contributed by atoms with Crippen LogP contribution in [-0.2, 0) is 10.0 Å². The molecule has 1 rings (SSSR count). The van der Waals surface area contributed by atoms with E-state index in [0.29, 0.717) is 0 Å². The zero-order valence-corrected chi connectivity index (χ0v) is 10.5. The van der Waals surface area contributed by atoms with Crippen molar-refractivity contribution in [2.24, 2.45) is 0 Å². The molecule has 0 saturated carbocycles. The van der Waals surface area contributed by atoms with Crippen molar-refractivity contribution in [3.05, 3.63) is 29.8 Å². The Hall–Kier alpha value is -1.13. The summed E-state index contributed by atoms with van der Waals surface area (Å²) in [4.78, 5) is -1.24. The molecule has 6 nitrogen and oxygen atoms in total. The van der Waals surface area contributed by atoms with Crippen LogP contribution in [0.25, 0.3) is 0 Å². The van der Waals surface area contributed by atoms with Crippen molar-refractivity contribution in [1.82, 2.24) is 4.72 Å². The Balaban J connectivity index is 3.26. The highest BCUT2D eigenvalue weighted by molar-refractivity contribution is 7.89. The maximum absolute atomic E-state index is 13.4. The van der Waals surface area contributed by atoms with Gasteiger partial charge in [0.05, 0.1) is 19.8 Å². The van der Waals surface area contributed by atoms with Crippen LogP contribution in [0.15, 0.2) is 23.1 Å². The molecule has 1 aromatic carbocycles. The number of benzene rings is 1. The maximum Gasteiger partial charge on any atom is 0.247 e. The van der Waals surface area contributed by atoms with Crippen LogP contribution in [0.3, 0.4) is 0 Å². The Labute approximate surface area is 108 Å². The summed E-state index contributed by atoms with van der Waals surface area (Å²) in [5.74, 6) is -2.65. The number of halogens is 2. The molecular formula is C10H13F2NO5S. The van der Waals surface area contributed by atoms with Gasteiger partial charge in [-0.3, -0.25) is 0 Å². The Morgan fingerprint density at radius 3 is 1.84 bits per heavy atom. The molecule has 0 aliphatic carbocycles. The molecule has 0 heterocycles. The second kappa shape index (κ2) is 5.88. The lowest BCUT2D eigenvalue weighted by molar-refractivity contribution is 0.0581. The molecule has 0 radical (unpaired) electrons. The summed E-state index contributed by atoms with van der Waals surface area (Å²) >= 11 is 0. The van der Waals surface area contributed by atoms with Gasteiger partial charge in [0, 0.05) is 0 Å². The summed E-state index contributed by atoms with van der Waals surface area (Å²) in [5, 5.41) is 27.0. The molecule has 0 aliphatic heterocycles. The van der Waals surface area contributed by atoms with E-state index < -0.39 is 51.9 Å². The van der Waals surface area contributed by atoms with Crippen molar-refractivity contribution in [3.8, 4) is 0 Å². The molecule has 0 fully saturated rings. The molecule has 0 bridgehead atoms. The van der Waals surface area contributed by atoms with E-state index in [0.717, 1.165) is 18.2 Å². The third kappa shape index (κ3) is 3.25. The minimum absolute atomic E-state index is 0.746. The van der Waals surface area contributed by atoms with Gasteiger partial charge < -0.3 is 15.3 Å². The molecule has 108 valence electrons. The van der Waals surface area contributed by atoms with Crippen molar-refractivity contribution in [2.45, 2.75) is 10.4 Å². The predicted octanol–water partition coefficient (Wildman–Crippen LogP) is -1.04. The minimum atomic E-state index is -4.70. The third-order valence-electron chi connectivity index (χ3n) is 2.45. The lowest BCUT2D eigenvalue weighted by Gasteiger charge is -2.28. The maximum atomic E-state index is 13.4. The van der Waals surface area contributed by atoms with E-state index in [1.807, 2.05) is 0 Å². The van der Waals surface area contributed by atoms with Crippen LogP contribution >= 0.6 is 0 Å². The van der Waals surface area contributed by atoms with Crippen LogP contribution in [0.2, 0.25) is 0 Å². The fourth-order valence-corrected chi connectivity index (χ4v) is 2.84. The van der Waals surface area contributed by atoms with E-state index in [-0.39, 0.29) is 0 Å². The Bertz CT molecular complexity index is 516. The molecule has 0 aromatic heterocycles. The first-order valence-electron chi connectivity index (χ1n) is 5.12. The molecule has 0 saturated heterocycles. The summed E-state index contributed by atoms with van der Waals surface area (Å²) in [6.45, 7) is -2.85. The highest BCUT2D eigenvalue weighted by Crippen LogP contribution is 2.20. The highest BCUT2D eigenvalue weighted by atomic mass is 32.2. The van der Waals surface area contributed by atoms with Crippen molar-refractivity contribution >= 4 is 10.0 Å². The quantitative estimate of drug-likeness (QED) is 0.536. The van der Waals surface area contributed by atoms with Crippen molar-refractivity contribution in [3.63, 3.8) is 0 Å². The van der Waals surface area contributed by atoms with Crippen LogP contribution in [-0.4, -0.2) is 49.1 Å². The Morgan fingerprint density at radius 2 is 1.47 bits per heavy atom. The Kier molecular flexibility index (Phi) is 4.93. The number of hydrogen-bond acceptors (Lipinski definition) is 5. The fourth-order valence-electron chi connectivity index (χ4n) is 1.32. The van der Waals surface area contributed by atoms with Crippen molar-refractivity contribution in [2.75, 3.05) is 19.8 Å². The van der Waals surface area contributed by atoms with Gasteiger partial charge in [-0.2, -0.15) is 4.72 Å². The number of aliphatic hydroxyl groups excluding tert-OH is 3. The van der Waals surface area contributed by atoms with E-state index in [4.69, 9.17) is 15.3 Å². The van der Waals surface area contributed by atoms with Crippen LogP contribution < -0.4 is 4.72 Å². The monoisotopic (exact) mass is 297 g/mol. The third-order valence-corrected chi connectivity index (χ3v) is 4.08. The van der Waals surface area contributed by atoms with Crippen LogP contribution in [0.4, 0.5) is 8.78 Å². The number of sulfonamides is 1. The number of rotatable bonds is 6. The summed E-state index contributed by atoms with van der Waals surface area (Å²) in [6.07, 6.45) is 0. The van der Waals surface area contributed by atoms with Crippen LogP contribution in [0, 0.1) is 11.6 Å². The van der Waals surface area contributed by atoms with Gasteiger partial charge in [0.2, 0.25) is 10.0 Å². The molecule has 0 aliphatic rings. The van der Waals surface area contributed by atoms with E-state index >= 15 is 0 Å². The molecule has 1 aromatic rings. The first-order chi connectivity index (χ1) is 8.82. The predicted molar refractivity (Wildman–Crippen MR) is 60.7 cm³/mol. The van der Waals surface area contributed by atoms with Gasteiger partial charge >= 0.3 is 0 Å². The van der Waals surface area contributed by atoms with Crippen LogP contribution in [0.1, 0.15) is 0 Å². The van der Waals surface area contributed by atoms with Gasteiger partial charge in [-0.05, 0) is 12.1 Å². The second-order valence-electron chi connectivity index (χ2n) is 3.91. The second-order valence-corrected chi connectivity index (χ2v) is 5.53. The zero-order valence-electron chi connectivity index (χ0n) is 9.68. The summed E-state index contributed by atoms with van der Waals surface area (Å²) in [7, 11) is -4.70. The average molecular weight is 297 g/mol. The SMILES string of the molecule is O=S(=O)(NC(CO)(CO)CO)c1c(F)cccc1F. The highest BCUT2D eigenvalue weighted by Gasteiger charge is 2.36. The normalized spacial score (nSPS) is 12.7. The molecular weight excluding hydrogens is 284 g/mol.